The molecule has 0 radical (unpaired) electrons. The van der Waals surface area contributed by atoms with E-state index in [1.165, 1.54) is 0 Å². The van der Waals surface area contributed by atoms with Crippen LogP contribution < -0.4 is 20.3 Å². The molecule has 0 fully saturated rings. The summed E-state index contributed by atoms with van der Waals surface area (Å²) < 4.78 is 12.3. The molecule has 1 aromatic carbocycles. The highest BCUT2D eigenvalue weighted by atomic mass is 16.5. The zero-order valence-corrected chi connectivity index (χ0v) is 13.5. The molecular weight excluding hydrogens is 280 g/mol. The van der Waals surface area contributed by atoms with Gasteiger partial charge in [-0.3, -0.25) is 4.79 Å². The third-order valence-corrected chi connectivity index (χ3v) is 3.63. The van der Waals surface area contributed by atoms with Crippen molar-refractivity contribution in [1.29, 1.82) is 0 Å². The van der Waals surface area contributed by atoms with Crippen LogP contribution in [0, 0.1) is 0 Å². The Balaban J connectivity index is 2.54. The van der Waals surface area contributed by atoms with Crippen LogP contribution in [0.4, 0.5) is 0 Å². The van der Waals surface area contributed by atoms with Crippen molar-refractivity contribution >= 4 is 0 Å². The summed E-state index contributed by atoms with van der Waals surface area (Å²) in [6.07, 6.45) is 0. The van der Waals surface area contributed by atoms with Gasteiger partial charge >= 0.3 is 0 Å². The Morgan fingerprint density at radius 1 is 1.14 bits per heavy atom. The van der Waals surface area contributed by atoms with E-state index in [1.807, 2.05) is 37.3 Å². The maximum Gasteiger partial charge on any atom is 0.255 e. The summed E-state index contributed by atoms with van der Waals surface area (Å²) in [6, 6.07) is 9.34. The van der Waals surface area contributed by atoms with E-state index in [4.69, 9.17) is 9.47 Å². The third kappa shape index (κ3) is 3.14. The van der Waals surface area contributed by atoms with Crippen molar-refractivity contribution < 1.29 is 9.47 Å². The number of benzene rings is 1. The van der Waals surface area contributed by atoms with E-state index in [9.17, 15) is 4.79 Å². The normalized spacial score (nSPS) is 10.5. The maximum absolute atomic E-state index is 12.5. The molecule has 2 rings (SSSR count). The molecule has 2 aromatic rings. The average molecular weight is 302 g/mol. The van der Waals surface area contributed by atoms with Crippen LogP contribution in [0.1, 0.15) is 12.5 Å². The lowest BCUT2D eigenvalue weighted by Crippen LogP contribution is -2.26. The van der Waals surface area contributed by atoms with E-state index >= 15 is 0 Å². The van der Waals surface area contributed by atoms with Gasteiger partial charge in [0.2, 0.25) is 0 Å². The Labute approximate surface area is 130 Å². The summed E-state index contributed by atoms with van der Waals surface area (Å²) in [5, 5.41) is 3.17. The minimum absolute atomic E-state index is 0.0108. The molecule has 0 saturated heterocycles. The number of hydrogen-bond donors (Lipinski definition) is 1. The number of pyridine rings is 1. The van der Waals surface area contributed by atoms with Gasteiger partial charge in [-0.1, -0.05) is 13.0 Å². The lowest BCUT2D eigenvalue weighted by molar-refractivity contribution is 0.404. The fourth-order valence-corrected chi connectivity index (χ4v) is 2.37. The number of nitrogens with zero attached hydrogens (tertiary/aromatic N) is 1. The summed E-state index contributed by atoms with van der Waals surface area (Å²) in [7, 11) is 5.00. The predicted molar refractivity (Wildman–Crippen MR) is 87.6 cm³/mol. The minimum Gasteiger partial charge on any atom is -0.497 e. The van der Waals surface area contributed by atoms with Crippen molar-refractivity contribution in [2.75, 3.05) is 20.8 Å². The molecule has 22 heavy (non-hydrogen) atoms. The van der Waals surface area contributed by atoms with Gasteiger partial charge in [0.25, 0.3) is 5.56 Å². The Bertz CT molecular complexity index is 708. The van der Waals surface area contributed by atoms with Gasteiger partial charge in [0.15, 0.2) is 0 Å². The second-order valence-corrected chi connectivity index (χ2v) is 4.95. The largest absolute Gasteiger partial charge is 0.497 e. The van der Waals surface area contributed by atoms with Gasteiger partial charge in [-0.15, -0.1) is 0 Å². The highest BCUT2D eigenvalue weighted by Gasteiger charge is 2.12. The SMILES string of the molecule is CCNCc1ccc(-c2cc(OC)ccc2OC)n(C)c1=O. The van der Waals surface area contributed by atoms with Crippen LogP contribution >= 0.6 is 0 Å². The van der Waals surface area contributed by atoms with Crippen LogP contribution in [0.25, 0.3) is 11.3 Å². The second-order valence-electron chi connectivity index (χ2n) is 4.95. The average Bonchev–Trinajstić information content (AvgIpc) is 2.55. The molecule has 0 aliphatic rings. The number of aromatic nitrogens is 1. The minimum atomic E-state index is -0.0108. The standard InChI is InChI=1S/C17H22N2O3/c1-5-18-11-12-6-8-15(19(2)17(12)20)14-10-13(21-3)7-9-16(14)22-4/h6-10,18H,5,11H2,1-4H3. The van der Waals surface area contributed by atoms with Crippen LogP contribution in [0.5, 0.6) is 11.5 Å². The Kier molecular flexibility index (Phi) is 5.22. The molecule has 0 atom stereocenters. The van der Waals surface area contributed by atoms with Crippen molar-refractivity contribution in [1.82, 2.24) is 9.88 Å². The van der Waals surface area contributed by atoms with Gasteiger partial charge in [-0.25, -0.2) is 0 Å². The molecule has 1 aromatic heterocycles. The van der Waals surface area contributed by atoms with Crippen LogP contribution in [-0.4, -0.2) is 25.3 Å². The molecule has 0 amide bonds. The molecule has 1 N–H and O–H groups in total. The molecular formula is C17H22N2O3. The van der Waals surface area contributed by atoms with E-state index in [0.717, 1.165) is 29.1 Å². The van der Waals surface area contributed by atoms with Crippen molar-refractivity contribution in [3.63, 3.8) is 0 Å². The van der Waals surface area contributed by atoms with Gasteiger partial charge in [0, 0.05) is 24.7 Å². The Morgan fingerprint density at radius 3 is 2.55 bits per heavy atom. The van der Waals surface area contributed by atoms with E-state index < -0.39 is 0 Å². The first-order chi connectivity index (χ1) is 10.6. The predicted octanol–water partition coefficient (Wildman–Crippen LogP) is 2.18. The van der Waals surface area contributed by atoms with E-state index in [1.54, 1.807) is 25.8 Å². The topological polar surface area (TPSA) is 52.5 Å². The van der Waals surface area contributed by atoms with Crippen LogP contribution in [-0.2, 0) is 13.6 Å². The summed E-state index contributed by atoms with van der Waals surface area (Å²) in [5.74, 6) is 1.43. The van der Waals surface area contributed by atoms with Gasteiger partial charge in [-0.05, 0) is 30.8 Å². The van der Waals surface area contributed by atoms with Crippen molar-refractivity contribution in [2.45, 2.75) is 13.5 Å². The summed E-state index contributed by atoms with van der Waals surface area (Å²) in [4.78, 5) is 12.5. The molecule has 0 aliphatic carbocycles. The molecule has 0 bridgehead atoms. The second kappa shape index (κ2) is 7.13. The van der Waals surface area contributed by atoms with Crippen molar-refractivity contribution in [2.24, 2.45) is 7.05 Å². The Morgan fingerprint density at radius 2 is 1.91 bits per heavy atom. The van der Waals surface area contributed by atoms with Crippen molar-refractivity contribution in [3.05, 3.63) is 46.2 Å². The number of ether oxygens (including phenoxy) is 2. The Hall–Kier alpha value is -2.27. The quantitative estimate of drug-likeness (QED) is 0.888. The monoisotopic (exact) mass is 302 g/mol. The first kappa shape index (κ1) is 16.1. The zero-order chi connectivity index (χ0) is 16.1. The van der Waals surface area contributed by atoms with Gasteiger partial charge in [0.05, 0.1) is 19.9 Å². The molecule has 1 heterocycles. The smallest absolute Gasteiger partial charge is 0.255 e. The molecule has 118 valence electrons. The molecule has 0 aliphatic heterocycles. The van der Waals surface area contributed by atoms with Gasteiger partial charge in [0.1, 0.15) is 11.5 Å². The highest BCUT2D eigenvalue weighted by molar-refractivity contribution is 5.69. The lowest BCUT2D eigenvalue weighted by atomic mass is 10.1. The first-order valence-corrected chi connectivity index (χ1v) is 7.24. The zero-order valence-electron chi connectivity index (χ0n) is 13.5. The fraction of sp³-hybridized carbons (Fsp3) is 0.353. The van der Waals surface area contributed by atoms with Crippen LogP contribution in [0.2, 0.25) is 0 Å². The number of hydrogen-bond acceptors (Lipinski definition) is 4. The summed E-state index contributed by atoms with van der Waals surface area (Å²) in [6.45, 7) is 3.41. The highest BCUT2D eigenvalue weighted by Crippen LogP contribution is 2.32. The van der Waals surface area contributed by atoms with Crippen LogP contribution in [0.15, 0.2) is 35.1 Å². The lowest BCUT2D eigenvalue weighted by Gasteiger charge is -2.15. The van der Waals surface area contributed by atoms with E-state index in [-0.39, 0.29) is 5.56 Å². The first-order valence-electron chi connectivity index (χ1n) is 7.24. The molecule has 0 spiro atoms. The number of methoxy groups -OCH3 is 2. The molecule has 5 heteroatoms. The van der Waals surface area contributed by atoms with Crippen molar-refractivity contribution in [3.8, 4) is 22.8 Å². The third-order valence-electron chi connectivity index (χ3n) is 3.63. The number of rotatable bonds is 6. The molecule has 0 saturated carbocycles. The summed E-state index contributed by atoms with van der Waals surface area (Å²) >= 11 is 0. The van der Waals surface area contributed by atoms with E-state index in [0.29, 0.717) is 12.3 Å². The van der Waals surface area contributed by atoms with Gasteiger partial charge in [-0.2, -0.15) is 0 Å². The molecule has 5 nitrogen and oxygen atoms in total. The van der Waals surface area contributed by atoms with Crippen LogP contribution in [0.3, 0.4) is 0 Å². The number of nitrogens with one attached hydrogen (secondary N) is 1. The molecule has 0 unspecified atom stereocenters. The van der Waals surface area contributed by atoms with E-state index in [2.05, 4.69) is 5.32 Å². The van der Waals surface area contributed by atoms with Gasteiger partial charge < -0.3 is 19.4 Å². The maximum atomic E-state index is 12.5. The fourth-order valence-electron chi connectivity index (χ4n) is 2.37. The summed E-state index contributed by atoms with van der Waals surface area (Å²) in [5.41, 5.74) is 2.36.